The van der Waals surface area contributed by atoms with Crippen LogP contribution in [0.1, 0.15) is 25.0 Å². The normalized spacial score (nSPS) is 21.7. The quantitative estimate of drug-likeness (QED) is 0.895. The number of anilines is 1. The van der Waals surface area contributed by atoms with E-state index in [-0.39, 0.29) is 24.7 Å². The van der Waals surface area contributed by atoms with Crippen molar-refractivity contribution in [2.45, 2.75) is 39.9 Å². The molecule has 1 heterocycles. The molecule has 1 saturated heterocycles. The predicted molar refractivity (Wildman–Crippen MR) is 89.5 cm³/mol. The highest BCUT2D eigenvalue weighted by atomic mass is 16.5. The Labute approximate surface area is 137 Å². The molecule has 0 aromatic heterocycles. The average molecular weight is 319 g/mol. The third-order valence-electron chi connectivity index (χ3n) is 3.88. The van der Waals surface area contributed by atoms with Crippen LogP contribution >= 0.6 is 0 Å². The van der Waals surface area contributed by atoms with Crippen molar-refractivity contribution in [3.05, 3.63) is 29.3 Å². The van der Waals surface area contributed by atoms with Crippen molar-refractivity contribution >= 4 is 17.6 Å². The molecule has 0 radical (unpaired) electrons. The van der Waals surface area contributed by atoms with E-state index in [0.717, 1.165) is 11.1 Å². The maximum atomic E-state index is 12.0. The number of imide groups is 1. The Hall–Kier alpha value is -1.92. The van der Waals surface area contributed by atoms with Crippen LogP contribution in [-0.4, -0.2) is 48.7 Å². The zero-order chi connectivity index (χ0) is 17.0. The maximum absolute atomic E-state index is 12.0. The highest BCUT2D eigenvalue weighted by Crippen LogP contribution is 2.14. The first-order valence-electron chi connectivity index (χ1n) is 7.89. The van der Waals surface area contributed by atoms with Crippen molar-refractivity contribution in [3.8, 4) is 0 Å². The van der Waals surface area contributed by atoms with Crippen LogP contribution in [0.5, 0.6) is 0 Å². The van der Waals surface area contributed by atoms with E-state index in [9.17, 15) is 9.59 Å². The fourth-order valence-corrected chi connectivity index (χ4v) is 2.76. The van der Waals surface area contributed by atoms with Gasteiger partial charge in [-0.05, 0) is 51.0 Å². The van der Waals surface area contributed by atoms with E-state index in [1.54, 1.807) is 0 Å². The number of hydrogen-bond acceptors (Lipinski definition) is 4. The van der Waals surface area contributed by atoms with Gasteiger partial charge in [0.2, 0.25) is 5.91 Å². The van der Waals surface area contributed by atoms with E-state index in [1.165, 1.54) is 0 Å². The number of carbonyl (C=O) groups is 2. The Morgan fingerprint density at radius 3 is 2.43 bits per heavy atom. The smallest absolute Gasteiger partial charge is 0.325 e. The predicted octanol–water partition coefficient (Wildman–Crippen LogP) is 2.06. The summed E-state index contributed by atoms with van der Waals surface area (Å²) >= 11 is 0. The molecule has 2 atom stereocenters. The molecule has 6 nitrogen and oxygen atoms in total. The van der Waals surface area contributed by atoms with Gasteiger partial charge in [-0.25, -0.2) is 4.79 Å². The van der Waals surface area contributed by atoms with E-state index in [4.69, 9.17) is 4.74 Å². The van der Waals surface area contributed by atoms with Gasteiger partial charge >= 0.3 is 6.03 Å². The number of benzene rings is 1. The van der Waals surface area contributed by atoms with Gasteiger partial charge in [-0.15, -0.1) is 0 Å². The second-order valence-electron chi connectivity index (χ2n) is 6.25. The molecule has 0 saturated carbocycles. The monoisotopic (exact) mass is 319 g/mol. The molecule has 1 fully saturated rings. The van der Waals surface area contributed by atoms with Crippen LogP contribution in [0.4, 0.5) is 10.5 Å². The Morgan fingerprint density at radius 1 is 1.17 bits per heavy atom. The fourth-order valence-electron chi connectivity index (χ4n) is 2.76. The van der Waals surface area contributed by atoms with Gasteiger partial charge in [0.15, 0.2) is 0 Å². The first-order valence-corrected chi connectivity index (χ1v) is 7.89. The molecule has 2 unspecified atom stereocenters. The minimum Gasteiger partial charge on any atom is -0.373 e. The standard InChI is InChI=1S/C17H25N3O3/c1-11-5-6-15(7-12(11)2)18-17(22)19-16(21)10-20-8-13(3)23-14(4)9-20/h5-7,13-14H,8-10H2,1-4H3,(H2,18,19,21,22). The van der Waals surface area contributed by atoms with Gasteiger partial charge < -0.3 is 10.1 Å². The number of hydrogen-bond donors (Lipinski definition) is 2. The molecular formula is C17H25N3O3. The molecule has 2 rings (SSSR count). The van der Waals surface area contributed by atoms with Crippen LogP contribution in [0.3, 0.4) is 0 Å². The van der Waals surface area contributed by atoms with Crippen LogP contribution in [0.2, 0.25) is 0 Å². The van der Waals surface area contributed by atoms with Crippen molar-refractivity contribution in [2.24, 2.45) is 0 Å². The summed E-state index contributed by atoms with van der Waals surface area (Å²) in [4.78, 5) is 25.9. The summed E-state index contributed by atoms with van der Waals surface area (Å²) in [7, 11) is 0. The molecule has 0 bridgehead atoms. The highest BCUT2D eigenvalue weighted by molar-refractivity contribution is 6.01. The summed E-state index contributed by atoms with van der Waals surface area (Å²) in [5.74, 6) is -0.312. The minimum atomic E-state index is -0.507. The molecule has 1 aliphatic heterocycles. The van der Waals surface area contributed by atoms with Gasteiger partial charge in [-0.2, -0.15) is 0 Å². The molecule has 0 aliphatic carbocycles. The fraction of sp³-hybridized carbons (Fsp3) is 0.529. The van der Waals surface area contributed by atoms with Crippen molar-refractivity contribution in [3.63, 3.8) is 0 Å². The van der Waals surface area contributed by atoms with Crippen LogP contribution in [0.15, 0.2) is 18.2 Å². The SMILES string of the molecule is Cc1ccc(NC(=O)NC(=O)CN2CC(C)OC(C)C2)cc1C. The van der Waals surface area contributed by atoms with E-state index < -0.39 is 6.03 Å². The molecule has 1 aromatic rings. The molecule has 3 amide bonds. The Kier molecular flexibility index (Phi) is 5.74. The number of carbonyl (C=O) groups excluding carboxylic acids is 2. The van der Waals surface area contributed by atoms with Crippen molar-refractivity contribution in [1.82, 2.24) is 10.2 Å². The summed E-state index contributed by atoms with van der Waals surface area (Å²) < 4.78 is 5.63. The molecule has 6 heteroatoms. The Morgan fingerprint density at radius 2 is 1.83 bits per heavy atom. The number of nitrogens with one attached hydrogen (secondary N) is 2. The zero-order valence-electron chi connectivity index (χ0n) is 14.2. The third kappa shape index (κ3) is 5.33. The van der Waals surface area contributed by atoms with Crippen LogP contribution < -0.4 is 10.6 Å². The average Bonchev–Trinajstić information content (AvgIpc) is 2.41. The van der Waals surface area contributed by atoms with Gasteiger partial charge in [-0.3, -0.25) is 15.0 Å². The van der Waals surface area contributed by atoms with Crippen molar-refractivity contribution < 1.29 is 14.3 Å². The number of urea groups is 1. The van der Waals surface area contributed by atoms with Crippen LogP contribution in [0, 0.1) is 13.8 Å². The number of aryl methyl sites for hydroxylation is 2. The molecule has 23 heavy (non-hydrogen) atoms. The molecule has 126 valence electrons. The van der Waals surface area contributed by atoms with Gasteiger partial charge in [-0.1, -0.05) is 6.07 Å². The number of nitrogens with zero attached hydrogens (tertiary/aromatic N) is 1. The number of morpholine rings is 1. The van der Waals surface area contributed by atoms with E-state index in [2.05, 4.69) is 10.6 Å². The van der Waals surface area contributed by atoms with Crippen molar-refractivity contribution in [1.29, 1.82) is 0 Å². The Balaban J connectivity index is 1.82. The lowest BCUT2D eigenvalue weighted by molar-refractivity contribution is -0.124. The first kappa shape index (κ1) is 17.4. The second kappa shape index (κ2) is 7.57. The lowest BCUT2D eigenvalue weighted by Gasteiger charge is -2.34. The lowest BCUT2D eigenvalue weighted by Crippen LogP contribution is -2.50. The summed E-state index contributed by atoms with van der Waals surface area (Å²) in [5.41, 5.74) is 2.92. The number of ether oxygens (including phenoxy) is 1. The number of amides is 3. The van der Waals surface area contributed by atoms with E-state index in [0.29, 0.717) is 18.8 Å². The summed E-state index contributed by atoms with van der Waals surface area (Å²) in [5, 5.41) is 5.05. The molecule has 0 spiro atoms. The summed E-state index contributed by atoms with van der Waals surface area (Å²) in [6.45, 7) is 9.52. The lowest BCUT2D eigenvalue weighted by atomic mass is 10.1. The van der Waals surface area contributed by atoms with E-state index in [1.807, 2.05) is 50.8 Å². The molecule has 1 aliphatic rings. The maximum Gasteiger partial charge on any atom is 0.325 e. The van der Waals surface area contributed by atoms with Gasteiger partial charge in [0.05, 0.1) is 18.8 Å². The topological polar surface area (TPSA) is 70.7 Å². The molecule has 1 aromatic carbocycles. The second-order valence-corrected chi connectivity index (χ2v) is 6.25. The summed E-state index contributed by atoms with van der Waals surface area (Å²) in [6, 6.07) is 5.12. The third-order valence-corrected chi connectivity index (χ3v) is 3.88. The largest absolute Gasteiger partial charge is 0.373 e. The van der Waals surface area contributed by atoms with Crippen LogP contribution in [-0.2, 0) is 9.53 Å². The first-order chi connectivity index (χ1) is 10.8. The van der Waals surface area contributed by atoms with Gasteiger partial charge in [0.1, 0.15) is 0 Å². The minimum absolute atomic E-state index is 0.0934. The van der Waals surface area contributed by atoms with Crippen LogP contribution in [0.25, 0.3) is 0 Å². The van der Waals surface area contributed by atoms with Gasteiger partial charge in [0, 0.05) is 18.8 Å². The zero-order valence-corrected chi connectivity index (χ0v) is 14.2. The van der Waals surface area contributed by atoms with Crippen molar-refractivity contribution in [2.75, 3.05) is 25.0 Å². The van der Waals surface area contributed by atoms with Gasteiger partial charge in [0.25, 0.3) is 0 Å². The Bertz CT molecular complexity index is 578. The summed E-state index contributed by atoms with van der Waals surface area (Å²) in [6.07, 6.45) is 0.187. The molecular weight excluding hydrogens is 294 g/mol. The highest BCUT2D eigenvalue weighted by Gasteiger charge is 2.24. The molecule has 2 N–H and O–H groups in total. The van der Waals surface area contributed by atoms with E-state index >= 15 is 0 Å². The number of rotatable bonds is 3.